The first kappa shape index (κ1) is 13.3. The number of hydrogen-bond donors (Lipinski definition) is 2. The van der Waals surface area contributed by atoms with Crippen LogP contribution in [0.5, 0.6) is 0 Å². The summed E-state index contributed by atoms with van der Waals surface area (Å²) >= 11 is 0. The number of rotatable bonds is 4. The topological polar surface area (TPSA) is 76.1 Å². The first-order chi connectivity index (χ1) is 9.76. The molecule has 1 saturated carbocycles. The first-order valence-corrected chi connectivity index (χ1v) is 7.20. The third kappa shape index (κ3) is 3.07. The average molecular weight is 276 g/mol. The van der Waals surface area contributed by atoms with Crippen LogP contribution in [0.2, 0.25) is 0 Å². The maximum absolute atomic E-state index is 11.4. The Morgan fingerprint density at radius 3 is 2.80 bits per heavy atom. The highest BCUT2D eigenvalue weighted by atomic mass is 16.5. The van der Waals surface area contributed by atoms with Gasteiger partial charge in [0, 0.05) is 19.7 Å². The van der Waals surface area contributed by atoms with Gasteiger partial charge in [0.15, 0.2) is 5.69 Å². The van der Waals surface area contributed by atoms with E-state index in [-0.39, 0.29) is 5.91 Å². The summed E-state index contributed by atoms with van der Waals surface area (Å²) in [6, 6.07) is 3.87. The van der Waals surface area contributed by atoms with Crippen LogP contribution in [0.1, 0.15) is 36.2 Å². The van der Waals surface area contributed by atoms with Gasteiger partial charge in [-0.05, 0) is 43.7 Å². The van der Waals surface area contributed by atoms with Gasteiger partial charge < -0.3 is 15.4 Å². The molecule has 0 radical (unpaired) electrons. The average Bonchev–Trinajstić information content (AvgIpc) is 3.32. The molecule has 20 heavy (non-hydrogen) atoms. The molecule has 6 heteroatoms. The molecule has 2 unspecified atom stereocenters. The zero-order valence-electron chi connectivity index (χ0n) is 11.6. The standard InChI is InChI=1S/C14H20N4O2/c1-15-14(19)11-4-5-13(18-17-11)16-10-6-7-20-12(8-10)9-2-3-9/h4-5,9-10,12H,2-3,6-8H2,1H3,(H,15,19)(H,16,18). The summed E-state index contributed by atoms with van der Waals surface area (Å²) in [5.41, 5.74) is 0.334. The minimum Gasteiger partial charge on any atom is -0.378 e. The Bertz CT molecular complexity index is 473. The third-order valence-electron chi connectivity index (χ3n) is 3.94. The number of carbonyl (C=O) groups is 1. The van der Waals surface area contributed by atoms with Crippen molar-refractivity contribution in [1.29, 1.82) is 0 Å². The molecule has 0 bridgehead atoms. The number of carbonyl (C=O) groups excluding carboxylic acids is 1. The van der Waals surface area contributed by atoms with Crippen LogP contribution in [0.4, 0.5) is 5.82 Å². The second-order valence-electron chi connectivity index (χ2n) is 5.50. The van der Waals surface area contributed by atoms with Gasteiger partial charge in [-0.2, -0.15) is 0 Å². The summed E-state index contributed by atoms with van der Waals surface area (Å²) < 4.78 is 5.81. The maximum Gasteiger partial charge on any atom is 0.271 e. The van der Waals surface area contributed by atoms with Crippen LogP contribution >= 0.6 is 0 Å². The fraction of sp³-hybridized carbons (Fsp3) is 0.643. The van der Waals surface area contributed by atoms with Crippen LogP contribution in [0.25, 0.3) is 0 Å². The van der Waals surface area contributed by atoms with Crippen LogP contribution < -0.4 is 10.6 Å². The Hall–Kier alpha value is -1.69. The zero-order chi connectivity index (χ0) is 13.9. The summed E-state index contributed by atoms with van der Waals surface area (Å²) in [7, 11) is 1.58. The first-order valence-electron chi connectivity index (χ1n) is 7.20. The van der Waals surface area contributed by atoms with E-state index in [4.69, 9.17) is 4.74 Å². The Kier molecular flexibility index (Phi) is 3.82. The molecule has 1 aliphatic heterocycles. The Morgan fingerprint density at radius 1 is 1.30 bits per heavy atom. The number of nitrogens with zero attached hydrogens (tertiary/aromatic N) is 2. The second kappa shape index (κ2) is 5.75. The summed E-state index contributed by atoms with van der Waals surface area (Å²) in [4.78, 5) is 11.4. The lowest BCUT2D eigenvalue weighted by molar-refractivity contribution is -0.00224. The molecule has 6 nitrogen and oxygen atoms in total. The van der Waals surface area contributed by atoms with Crippen molar-refractivity contribution >= 4 is 11.7 Å². The Labute approximate surface area is 118 Å². The Balaban J connectivity index is 1.58. The van der Waals surface area contributed by atoms with E-state index in [1.165, 1.54) is 12.8 Å². The second-order valence-corrected chi connectivity index (χ2v) is 5.50. The molecule has 1 aromatic heterocycles. The van der Waals surface area contributed by atoms with Crippen molar-refractivity contribution in [3.63, 3.8) is 0 Å². The lowest BCUT2D eigenvalue weighted by atomic mass is 10.00. The molecule has 2 aliphatic rings. The van der Waals surface area contributed by atoms with Crippen LogP contribution in [0, 0.1) is 5.92 Å². The Morgan fingerprint density at radius 2 is 2.15 bits per heavy atom. The molecule has 0 spiro atoms. The van der Waals surface area contributed by atoms with Crippen LogP contribution in [-0.4, -0.2) is 41.9 Å². The molecule has 1 aliphatic carbocycles. The van der Waals surface area contributed by atoms with Gasteiger partial charge in [-0.15, -0.1) is 10.2 Å². The normalized spacial score (nSPS) is 26.1. The van der Waals surface area contributed by atoms with Crippen LogP contribution in [-0.2, 0) is 4.74 Å². The van der Waals surface area contributed by atoms with E-state index in [1.807, 2.05) is 0 Å². The quantitative estimate of drug-likeness (QED) is 0.864. The van der Waals surface area contributed by atoms with Crippen molar-refractivity contribution in [1.82, 2.24) is 15.5 Å². The van der Waals surface area contributed by atoms with E-state index in [0.717, 1.165) is 31.2 Å². The van der Waals surface area contributed by atoms with E-state index in [1.54, 1.807) is 19.2 Å². The van der Waals surface area contributed by atoms with Crippen molar-refractivity contribution < 1.29 is 9.53 Å². The van der Waals surface area contributed by atoms with Crippen LogP contribution in [0.15, 0.2) is 12.1 Å². The highest BCUT2D eigenvalue weighted by molar-refractivity contribution is 5.91. The summed E-state index contributed by atoms with van der Waals surface area (Å²) in [6.07, 6.45) is 5.03. The number of nitrogens with one attached hydrogen (secondary N) is 2. The predicted octanol–water partition coefficient (Wildman–Crippen LogP) is 1.21. The monoisotopic (exact) mass is 276 g/mol. The summed E-state index contributed by atoms with van der Waals surface area (Å²) in [5, 5.41) is 13.9. The predicted molar refractivity (Wildman–Crippen MR) is 74.5 cm³/mol. The highest BCUT2D eigenvalue weighted by Crippen LogP contribution is 2.38. The van der Waals surface area contributed by atoms with Crippen molar-refractivity contribution in [2.75, 3.05) is 19.0 Å². The molecule has 2 heterocycles. The number of hydrogen-bond acceptors (Lipinski definition) is 5. The molecule has 0 aromatic carbocycles. The number of aromatic nitrogens is 2. The minimum atomic E-state index is -0.219. The molecule has 1 saturated heterocycles. The van der Waals surface area contributed by atoms with Gasteiger partial charge >= 0.3 is 0 Å². The number of ether oxygens (including phenoxy) is 1. The van der Waals surface area contributed by atoms with Crippen molar-refractivity contribution in [2.24, 2.45) is 5.92 Å². The smallest absolute Gasteiger partial charge is 0.271 e. The molecular weight excluding hydrogens is 256 g/mol. The lowest BCUT2D eigenvalue weighted by Gasteiger charge is -2.30. The molecule has 3 rings (SSSR count). The largest absolute Gasteiger partial charge is 0.378 e. The van der Waals surface area contributed by atoms with Gasteiger partial charge in [-0.1, -0.05) is 0 Å². The molecule has 108 valence electrons. The van der Waals surface area contributed by atoms with Crippen molar-refractivity contribution in [2.45, 2.75) is 37.8 Å². The molecule has 2 fully saturated rings. The SMILES string of the molecule is CNC(=O)c1ccc(NC2CCOC(C3CC3)C2)nn1. The van der Waals surface area contributed by atoms with Gasteiger partial charge in [0.05, 0.1) is 6.10 Å². The molecule has 1 aromatic rings. The van der Waals surface area contributed by atoms with Crippen molar-refractivity contribution in [3.05, 3.63) is 17.8 Å². The third-order valence-corrected chi connectivity index (χ3v) is 3.94. The van der Waals surface area contributed by atoms with Crippen molar-refractivity contribution in [3.8, 4) is 0 Å². The van der Waals surface area contributed by atoms with Gasteiger partial charge in [-0.3, -0.25) is 4.79 Å². The maximum atomic E-state index is 11.4. The molecule has 2 N–H and O–H groups in total. The molecular formula is C14H20N4O2. The minimum absolute atomic E-state index is 0.219. The van der Waals surface area contributed by atoms with Gasteiger partial charge in [0.25, 0.3) is 5.91 Å². The number of amides is 1. The molecule has 1 amide bonds. The van der Waals surface area contributed by atoms with E-state index in [9.17, 15) is 4.79 Å². The van der Waals surface area contributed by atoms with E-state index >= 15 is 0 Å². The zero-order valence-corrected chi connectivity index (χ0v) is 11.6. The van der Waals surface area contributed by atoms with Gasteiger partial charge in [0.2, 0.25) is 0 Å². The van der Waals surface area contributed by atoms with E-state index in [0.29, 0.717) is 17.8 Å². The summed E-state index contributed by atoms with van der Waals surface area (Å²) in [6.45, 7) is 0.808. The number of anilines is 1. The molecule has 2 atom stereocenters. The van der Waals surface area contributed by atoms with Crippen LogP contribution in [0.3, 0.4) is 0 Å². The van der Waals surface area contributed by atoms with E-state index < -0.39 is 0 Å². The lowest BCUT2D eigenvalue weighted by Crippen LogP contribution is -2.35. The highest BCUT2D eigenvalue weighted by Gasteiger charge is 2.35. The fourth-order valence-corrected chi connectivity index (χ4v) is 2.62. The summed E-state index contributed by atoms with van der Waals surface area (Å²) in [5.74, 6) is 1.27. The van der Waals surface area contributed by atoms with Gasteiger partial charge in [-0.25, -0.2) is 0 Å². The van der Waals surface area contributed by atoms with Gasteiger partial charge in [0.1, 0.15) is 5.82 Å². The van der Waals surface area contributed by atoms with E-state index in [2.05, 4.69) is 20.8 Å². The fourth-order valence-electron chi connectivity index (χ4n) is 2.62.